The fourth-order valence-corrected chi connectivity index (χ4v) is 1.90. The van der Waals surface area contributed by atoms with Gasteiger partial charge < -0.3 is 20.5 Å². The lowest BCUT2D eigenvalue weighted by Crippen LogP contribution is -2.12. The number of aryl methyl sites for hydroxylation is 1. The number of amides is 1. The molecule has 2 rings (SSSR count). The van der Waals surface area contributed by atoms with Gasteiger partial charge >= 0.3 is 0 Å². The molecule has 0 spiro atoms. The quantitative estimate of drug-likeness (QED) is 0.848. The number of carbonyl (C=O) groups is 1. The molecule has 0 bridgehead atoms. The van der Waals surface area contributed by atoms with Gasteiger partial charge in [-0.2, -0.15) is 0 Å². The van der Waals surface area contributed by atoms with Crippen molar-refractivity contribution < 1.29 is 14.3 Å². The molecule has 5 nitrogen and oxygen atoms in total. The van der Waals surface area contributed by atoms with Crippen molar-refractivity contribution in [3.63, 3.8) is 0 Å². The minimum atomic E-state index is -0.214. The summed E-state index contributed by atoms with van der Waals surface area (Å²) < 4.78 is 10.3. The van der Waals surface area contributed by atoms with E-state index in [1.54, 1.807) is 50.6 Å². The maximum atomic E-state index is 12.2. The molecule has 0 aliphatic rings. The molecule has 0 saturated heterocycles. The number of nitrogens with one attached hydrogen (secondary N) is 1. The highest BCUT2D eigenvalue weighted by Crippen LogP contribution is 2.26. The van der Waals surface area contributed by atoms with Crippen molar-refractivity contribution in [2.24, 2.45) is 0 Å². The Bertz CT molecular complexity index is 646. The van der Waals surface area contributed by atoms with Crippen LogP contribution in [0.4, 0.5) is 11.4 Å². The van der Waals surface area contributed by atoms with Gasteiger partial charge in [0.25, 0.3) is 5.91 Å². The number of carbonyl (C=O) groups excluding carboxylic acids is 1. The summed E-state index contributed by atoms with van der Waals surface area (Å²) in [6.07, 6.45) is 0. The lowest BCUT2D eigenvalue weighted by atomic mass is 10.1. The van der Waals surface area contributed by atoms with Crippen molar-refractivity contribution in [1.82, 2.24) is 0 Å². The molecule has 0 aliphatic carbocycles. The molecule has 0 heterocycles. The minimum Gasteiger partial charge on any atom is -0.497 e. The fraction of sp³-hybridized carbons (Fsp3) is 0.188. The summed E-state index contributed by atoms with van der Waals surface area (Å²) in [5.74, 6) is 1.00. The number of anilines is 2. The van der Waals surface area contributed by atoms with Gasteiger partial charge in [-0.3, -0.25) is 4.79 Å². The van der Waals surface area contributed by atoms with E-state index in [-0.39, 0.29) is 5.91 Å². The normalized spacial score (nSPS) is 10.0. The highest BCUT2D eigenvalue weighted by atomic mass is 16.5. The van der Waals surface area contributed by atoms with Gasteiger partial charge in [0.2, 0.25) is 0 Å². The molecule has 2 aromatic carbocycles. The predicted molar refractivity (Wildman–Crippen MR) is 83.1 cm³/mol. The number of hydrogen-bond acceptors (Lipinski definition) is 4. The molecular weight excluding hydrogens is 268 g/mol. The first kappa shape index (κ1) is 14.7. The maximum absolute atomic E-state index is 12.2. The predicted octanol–water partition coefficient (Wildman–Crippen LogP) is 2.85. The second-order valence-electron chi connectivity index (χ2n) is 4.63. The summed E-state index contributed by atoms with van der Waals surface area (Å²) >= 11 is 0. The number of nitrogens with two attached hydrogens (primary N) is 1. The number of ether oxygens (including phenoxy) is 2. The summed E-state index contributed by atoms with van der Waals surface area (Å²) in [6, 6.07) is 10.4. The van der Waals surface area contributed by atoms with E-state index < -0.39 is 0 Å². The van der Waals surface area contributed by atoms with Crippen LogP contribution in [0.25, 0.3) is 0 Å². The molecule has 1 amide bonds. The highest BCUT2D eigenvalue weighted by molar-refractivity contribution is 6.04. The fourth-order valence-electron chi connectivity index (χ4n) is 1.90. The second-order valence-corrected chi connectivity index (χ2v) is 4.63. The molecule has 0 aromatic heterocycles. The van der Waals surface area contributed by atoms with Crippen LogP contribution in [-0.4, -0.2) is 20.1 Å². The van der Waals surface area contributed by atoms with Crippen LogP contribution in [0, 0.1) is 6.92 Å². The number of rotatable bonds is 4. The van der Waals surface area contributed by atoms with Gasteiger partial charge in [0, 0.05) is 35.1 Å². The van der Waals surface area contributed by atoms with E-state index in [4.69, 9.17) is 15.2 Å². The third-order valence-corrected chi connectivity index (χ3v) is 3.14. The molecule has 0 unspecified atom stereocenters. The van der Waals surface area contributed by atoms with Gasteiger partial charge in [-0.25, -0.2) is 0 Å². The zero-order valence-corrected chi connectivity index (χ0v) is 12.3. The maximum Gasteiger partial charge on any atom is 0.255 e. The van der Waals surface area contributed by atoms with E-state index >= 15 is 0 Å². The van der Waals surface area contributed by atoms with Gasteiger partial charge in [-0.05, 0) is 30.7 Å². The average molecular weight is 286 g/mol. The van der Waals surface area contributed by atoms with Crippen LogP contribution in [0.2, 0.25) is 0 Å². The largest absolute Gasteiger partial charge is 0.497 e. The SMILES string of the molecule is COc1cc(NC(=O)c2ccc(N)c(C)c2)cc(OC)c1. The molecular formula is C16H18N2O3. The number of methoxy groups -OCH3 is 2. The van der Waals surface area contributed by atoms with E-state index in [2.05, 4.69) is 5.32 Å². The monoisotopic (exact) mass is 286 g/mol. The minimum absolute atomic E-state index is 0.214. The Balaban J connectivity index is 2.24. The third-order valence-electron chi connectivity index (χ3n) is 3.14. The Morgan fingerprint density at radius 1 is 1.05 bits per heavy atom. The van der Waals surface area contributed by atoms with Crippen LogP contribution in [0.1, 0.15) is 15.9 Å². The summed E-state index contributed by atoms with van der Waals surface area (Å²) in [7, 11) is 3.12. The van der Waals surface area contributed by atoms with Gasteiger partial charge in [0.1, 0.15) is 11.5 Å². The molecule has 5 heteroatoms. The molecule has 0 saturated carbocycles. The van der Waals surface area contributed by atoms with Crippen LogP contribution in [-0.2, 0) is 0 Å². The zero-order chi connectivity index (χ0) is 15.4. The van der Waals surface area contributed by atoms with E-state index in [0.717, 1.165) is 5.56 Å². The van der Waals surface area contributed by atoms with Crippen LogP contribution in [0.3, 0.4) is 0 Å². The Hall–Kier alpha value is -2.69. The second kappa shape index (κ2) is 6.17. The first-order chi connectivity index (χ1) is 10.0. The molecule has 0 radical (unpaired) electrons. The van der Waals surface area contributed by atoms with E-state index in [1.807, 2.05) is 6.92 Å². The van der Waals surface area contributed by atoms with Gasteiger partial charge in [0.05, 0.1) is 14.2 Å². The van der Waals surface area contributed by atoms with Crippen molar-refractivity contribution in [2.75, 3.05) is 25.3 Å². The number of hydrogen-bond donors (Lipinski definition) is 2. The van der Waals surface area contributed by atoms with Gasteiger partial charge in [-0.15, -0.1) is 0 Å². The molecule has 0 atom stereocenters. The Kier molecular flexibility index (Phi) is 4.33. The summed E-state index contributed by atoms with van der Waals surface area (Å²) in [6.45, 7) is 1.86. The van der Waals surface area contributed by atoms with Crippen molar-refractivity contribution in [2.45, 2.75) is 6.92 Å². The van der Waals surface area contributed by atoms with E-state index in [9.17, 15) is 4.79 Å². The third kappa shape index (κ3) is 3.45. The van der Waals surface area contributed by atoms with Crippen molar-refractivity contribution in [3.8, 4) is 11.5 Å². The summed E-state index contributed by atoms with van der Waals surface area (Å²) in [4.78, 5) is 12.2. The zero-order valence-electron chi connectivity index (χ0n) is 12.3. The Morgan fingerprint density at radius 3 is 2.19 bits per heavy atom. The summed E-state index contributed by atoms with van der Waals surface area (Å²) in [5, 5.41) is 2.81. The number of nitrogen functional groups attached to an aromatic ring is 1. The van der Waals surface area contributed by atoms with Crippen molar-refractivity contribution in [1.29, 1.82) is 0 Å². The Morgan fingerprint density at radius 2 is 1.67 bits per heavy atom. The lowest BCUT2D eigenvalue weighted by Gasteiger charge is -2.10. The molecule has 110 valence electrons. The Labute approximate surface area is 123 Å². The highest BCUT2D eigenvalue weighted by Gasteiger charge is 2.09. The molecule has 2 aromatic rings. The van der Waals surface area contributed by atoms with E-state index in [1.165, 1.54) is 0 Å². The lowest BCUT2D eigenvalue weighted by molar-refractivity contribution is 0.102. The van der Waals surface area contributed by atoms with Crippen molar-refractivity contribution in [3.05, 3.63) is 47.5 Å². The molecule has 3 N–H and O–H groups in total. The van der Waals surface area contributed by atoms with Gasteiger partial charge in [-0.1, -0.05) is 0 Å². The van der Waals surface area contributed by atoms with Crippen LogP contribution >= 0.6 is 0 Å². The summed E-state index contributed by atoms with van der Waals surface area (Å²) in [5.41, 5.74) is 8.43. The first-order valence-corrected chi connectivity index (χ1v) is 6.44. The standard InChI is InChI=1S/C16H18N2O3/c1-10-6-11(4-5-15(10)17)16(19)18-12-7-13(20-2)9-14(8-12)21-3/h4-9H,17H2,1-3H3,(H,18,19). The molecule has 21 heavy (non-hydrogen) atoms. The van der Waals surface area contributed by atoms with Crippen LogP contribution in [0.5, 0.6) is 11.5 Å². The smallest absolute Gasteiger partial charge is 0.255 e. The number of benzene rings is 2. The van der Waals surface area contributed by atoms with E-state index in [0.29, 0.717) is 28.4 Å². The van der Waals surface area contributed by atoms with Crippen LogP contribution in [0.15, 0.2) is 36.4 Å². The average Bonchev–Trinajstić information content (AvgIpc) is 2.49. The van der Waals surface area contributed by atoms with Gasteiger partial charge in [0.15, 0.2) is 0 Å². The first-order valence-electron chi connectivity index (χ1n) is 6.44. The van der Waals surface area contributed by atoms with Crippen LogP contribution < -0.4 is 20.5 Å². The topological polar surface area (TPSA) is 73.6 Å². The van der Waals surface area contributed by atoms with Crippen molar-refractivity contribution >= 4 is 17.3 Å². The molecule has 0 fully saturated rings. The molecule has 0 aliphatic heterocycles.